The Balaban J connectivity index is 1.54. The maximum atomic E-state index is 12.2. The number of para-hydroxylation sites is 1. The van der Waals surface area contributed by atoms with Crippen molar-refractivity contribution in [1.82, 2.24) is 15.5 Å². The van der Waals surface area contributed by atoms with E-state index in [0.29, 0.717) is 18.1 Å². The first-order chi connectivity index (χ1) is 12.2. The van der Waals surface area contributed by atoms with Gasteiger partial charge in [-0.1, -0.05) is 23.4 Å². The summed E-state index contributed by atoms with van der Waals surface area (Å²) in [7, 11) is 1.62. The van der Waals surface area contributed by atoms with Gasteiger partial charge in [0.2, 0.25) is 17.6 Å². The van der Waals surface area contributed by atoms with E-state index in [1.807, 2.05) is 48.0 Å². The predicted octanol–water partition coefficient (Wildman–Crippen LogP) is 3.62. The molecule has 1 atom stereocenters. The lowest BCUT2D eigenvalue weighted by Gasteiger charge is -2.17. The van der Waals surface area contributed by atoms with Gasteiger partial charge in [0.15, 0.2) is 0 Å². The number of nitrogens with one attached hydrogen (secondary N) is 1. The number of nitrogens with zero attached hydrogens (tertiary/aromatic N) is 2. The normalized spacial score (nSPS) is 11.9. The molecule has 0 fully saturated rings. The van der Waals surface area contributed by atoms with Crippen molar-refractivity contribution in [2.45, 2.75) is 25.8 Å². The molecule has 1 unspecified atom stereocenters. The number of benzene rings is 1. The number of thiophene rings is 1. The average molecular weight is 357 g/mol. The summed E-state index contributed by atoms with van der Waals surface area (Å²) in [6.45, 7) is 1.93. The first-order valence-electron chi connectivity index (χ1n) is 7.95. The van der Waals surface area contributed by atoms with Crippen LogP contribution in [0.2, 0.25) is 0 Å². The molecule has 25 heavy (non-hydrogen) atoms. The Labute approximate surface area is 149 Å². The zero-order valence-electron chi connectivity index (χ0n) is 14.1. The molecular formula is C18H19N3O3S. The van der Waals surface area contributed by atoms with Gasteiger partial charge in [0.1, 0.15) is 5.75 Å². The Bertz CT molecular complexity index is 830. The first-order valence-corrected chi connectivity index (χ1v) is 8.89. The minimum Gasteiger partial charge on any atom is -0.496 e. The van der Waals surface area contributed by atoms with Crippen molar-refractivity contribution in [3.8, 4) is 17.1 Å². The second kappa shape index (κ2) is 7.94. The summed E-state index contributed by atoms with van der Waals surface area (Å²) in [6, 6.07) is 9.42. The summed E-state index contributed by atoms with van der Waals surface area (Å²) >= 11 is 1.57. The van der Waals surface area contributed by atoms with Crippen LogP contribution in [0.1, 0.15) is 30.8 Å². The highest BCUT2D eigenvalue weighted by Gasteiger charge is 2.15. The van der Waals surface area contributed by atoms with Crippen molar-refractivity contribution in [3.63, 3.8) is 0 Å². The molecule has 7 heteroatoms. The number of amides is 1. The molecule has 0 saturated carbocycles. The van der Waals surface area contributed by atoms with Gasteiger partial charge >= 0.3 is 0 Å². The van der Waals surface area contributed by atoms with Crippen LogP contribution in [-0.4, -0.2) is 23.2 Å². The van der Waals surface area contributed by atoms with E-state index in [4.69, 9.17) is 9.26 Å². The lowest BCUT2D eigenvalue weighted by Crippen LogP contribution is -2.27. The largest absolute Gasteiger partial charge is 0.496 e. The molecular weight excluding hydrogens is 338 g/mol. The number of aromatic nitrogens is 2. The molecule has 1 N–H and O–H groups in total. The number of hydrogen-bond acceptors (Lipinski definition) is 6. The molecule has 3 aromatic rings. The van der Waals surface area contributed by atoms with Gasteiger partial charge in [0.25, 0.3) is 0 Å². The standard InChI is InChI=1S/C18H19N3O3S/c1-12(14-5-3-4-6-15(14)23-2)19-16(22)7-8-17-20-18(21-24-17)13-9-10-25-11-13/h3-6,9-12H,7-8H2,1-2H3,(H,19,22). The molecule has 1 amide bonds. The Morgan fingerprint density at radius 3 is 2.96 bits per heavy atom. The van der Waals surface area contributed by atoms with Crippen LogP contribution in [0.15, 0.2) is 45.6 Å². The summed E-state index contributed by atoms with van der Waals surface area (Å²) in [4.78, 5) is 16.5. The zero-order chi connectivity index (χ0) is 17.6. The van der Waals surface area contributed by atoms with Crippen LogP contribution in [0.4, 0.5) is 0 Å². The van der Waals surface area contributed by atoms with Crippen molar-refractivity contribution < 1.29 is 14.1 Å². The van der Waals surface area contributed by atoms with E-state index in [1.165, 1.54) is 0 Å². The van der Waals surface area contributed by atoms with Gasteiger partial charge in [-0.2, -0.15) is 16.3 Å². The van der Waals surface area contributed by atoms with Crippen LogP contribution >= 0.6 is 11.3 Å². The highest BCUT2D eigenvalue weighted by atomic mass is 32.1. The third-order valence-electron chi connectivity index (χ3n) is 3.80. The highest BCUT2D eigenvalue weighted by molar-refractivity contribution is 7.08. The summed E-state index contributed by atoms with van der Waals surface area (Å²) < 4.78 is 10.5. The molecule has 0 radical (unpaired) electrons. The van der Waals surface area contributed by atoms with Gasteiger partial charge in [0, 0.05) is 29.3 Å². The number of ether oxygens (including phenoxy) is 1. The van der Waals surface area contributed by atoms with E-state index in [2.05, 4.69) is 15.5 Å². The molecule has 0 saturated heterocycles. The predicted molar refractivity (Wildman–Crippen MR) is 95.5 cm³/mol. The van der Waals surface area contributed by atoms with Crippen molar-refractivity contribution in [3.05, 3.63) is 52.5 Å². The molecule has 0 aliphatic heterocycles. The second-order valence-electron chi connectivity index (χ2n) is 5.55. The summed E-state index contributed by atoms with van der Waals surface area (Å²) in [5.41, 5.74) is 1.87. The molecule has 0 aliphatic carbocycles. The van der Waals surface area contributed by atoms with Crippen molar-refractivity contribution in [2.24, 2.45) is 0 Å². The third kappa shape index (κ3) is 4.24. The molecule has 0 bridgehead atoms. The van der Waals surface area contributed by atoms with E-state index in [0.717, 1.165) is 16.9 Å². The lowest BCUT2D eigenvalue weighted by atomic mass is 10.1. The first kappa shape index (κ1) is 17.2. The van der Waals surface area contributed by atoms with Crippen molar-refractivity contribution >= 4 is 17.2 Å². The minimum atomic E-state index is -0.146. The van der Waals surface area contributed by atoms with E-state index in [-0.39, 0.29) is 18.4 Å². The fourth-order valence-corrected chi connectivity index (χ4v) is 3.14. The summed E-state index contributed by atoms with van der Waals surface area (Å²) in [5, 5.41) is 10.8. The Hall–Kier alpha value is -2.67. The van der Waals surface area contributed by atoms with Crippen molar-refractivity contribution in [2.75, 3.05) is 7.11 Å². The van der Waals surface area contributed by atoms with Crippen LogP contribution in [0.5, 0.6) is 5.75 Å². The van der Waals surface area contributed by atoms with Crippen LogP contribution < -0.4 is 10.1 Å². The van der Waals surface area contributed by atoms with Gasteiger partial charge < -0.3 is 14.6 Å². The number of carbonyl (C=O) groups is 1. The number of carbonyl (C=O) groups excluding carboxylic acids is 1. The summed E-state index contributed by atoms with van der Waals surface area (Å²) in [6.07, 6.45) is 0.687. The monoisotopic (exact) mass is 357 g/mol. The molecule has 6 nitrogen and oxygen atoms in total. The van der Waals surface area contributed by atoms with Gasteiger partial charge in [-0.15, -0.1) is 0 Å². The van der Waals surface area contributed by atoms with Crippen LogP contribution in [0, 0.1) is 0 Å². The van der Waals surface area contributed by atoms with Gasteiger partial charge in [0.05, 0.1) is 13.2 Å². The van der Waals surface area contributed by atoms with E-state index in [1.54, 1.807) is 18.4 Å². The maximum absolute atomic E-state index is 12.2. The lowest BCUT2D eigenvalue weighted by molar-refractivity contribution is -0.121. The van der Waals surface area contributed by atoms with Crippen molar-refractivity contribution in [1.29, 1.82) is 0 Å². The third-order valence-corrected chi connectivity index (χ3v) is 4.48. The number of rotatable bonds is 7. The Morgan fingerprint density at radius 1 is 1.36 bits per heavy atom. The zero-order valence-corrected chi connectivity index (χ0v) is 14.9. The molecule has 2 aromatic heterocycles. The molecule has 0 spiro atoms. The quantitative estimate of drug-likeness (QED) is 0.699. The second-order valence-corrected chi connectivity index (χ2v) is 6.33. The molecule has 130 valence electrons. The molecule has 2 heterocycles. The Kier molecular flexibility index (Phi) is 5.45. The maximum Gasteiger partial charge on any atom is 0.227 e. The number of hydrogen-bond donors (Lipinski definition) is 1. The SMILES string of the molecule is COc1ccccc1C(C)NC(=O)CCc1nc(-c2ccsc2)no1. The topological polar surface area (TPSA) is 77.2 Å². The summed E-state index contributed by atoms with van der Waals surface area (Å²) in [5.74, 6) is 1.70. The van der Waals surface area contributed by atoms with Crippen LogP contribution in [0.25, 0.3) is 11.4 Å². The number of aryl methyl sites for hydroxylation is 1. The Morgan fingerprint density at radius 2 is 2.20 bits per heavy atom. The fourth-order valence-electron chi connectivity index (χ4n) is 2.50. The average Bonchev–Trinajstić information content (AvgIpc) is 3.31. The molecule has 0 aliphatic rings. The van der Waals surface area contributed by atoms with E-state index >= 15 is 0 Å². The van der Waals surface area contributed by atoms with E-state index in [9.17, 15) is 4.79 Å². The van der Waals surface area contributed by atoms with Crippen LogP contribution in [0.3, 0.4) is 0 Å². The smallest absolute Gasteiger partial charge is 0.227 e. The van der Waals surface area contributed by atoms with Crippen LogP contribution in [-0.2, 0) is 11.2 Å². The number of methoxy groups -OCH3 is 1. The minimum absolute atomic E-state index is 0.0753. The molecule has 3 rings (SSSR count). The van der Waals surface area contributed by atoms with E-state index < -0.39 is 0 Å². The van der Waals surface area contributed by atoms with Gasteiger partial charge in [-0.05, 0) is 24.4 Å². The van der Waals surface area contributed by atoms with Gasteiger partial charge in [-0.3, -0.25) is 4.79 Å². The fraction of sp³-hybridized carbons (Fsp3) is 0.278. The molecule has 1 aromatic carbocycles. The highest BCUT2D eigenvalue weighted by Crippen LogP contribution is 2.24. The van der Waals surface area contributed by atoms with Gasteiger partial charge in [-0.25, -0.2) is 0 Å².